The van der Waals surface area contributed by atoms with Gasteiger partial charge in [-0.05, 0) is 92.2 Å². The number of likely N-dealkylation sites (N-methyl/N-ethyl adjacent to an activating group) is 2. The molecule has 4 rings (SSSR count). The van der Waals surface area contributed by atoms with Crippen LogP contribution in [0.4, 0.5) is 4.39 Å². The third-order valence-corrected chi connectivity index (χ3v) is 8.06. The van der Waals surface area contributed by atoms with Gasteiger partial charge in [0.15, 0.2) is 0 Å². The third-order valence-electron chi connectivity index (χ3n) is 6.51. The summed E-state index contributed by atoms with van der Waals surface area (Å²) in [5.74, 6) is -0.889. The predicted molar refractivity (Wildman–Crippen MR) is 121 cm³/mol. The summed E-state index contributed by atoms with van der Waals surface area (Å²) in [4.78, 5) is 19.2. The molecular formula is C23H29FN4O3S. The topological polar surface area (TPSA) is 82.6 Å². The van der Waals surface area contributed by atoms with Gasteiger partial charge in [-0.2, -0.15) is 12.7 Å². The summed E-state index contributed by atoms with van der Waals surface area (Å²) < 4.78 is 43.9. The van der Waals surface area contributed by atoms with Crippen LogP contribution >= 0.6 is 0 Å². The number of pyridine rings is 1. The Labute approximate surface area is 188 Å². The maximum absolute atomic E-state index is 14.8. The van der Waals surface area contributed by atoms with Crippen molar-refractivity contribution >= 4 is 16.1 Å². The van der Waals surface area contributed by atoms with Crippen molar-refractivity contribution in [3.8, 4) is 11.1 Å². The number of fused-ring (bicyclic) bond motifs is 1. The van der Waals surface area contributed by atoms with Gasteiger partial charge >= 0.3 is 10.2 Å². The van der Waals surface area contributed by atoms with Crippen molar-refractivity contribution in [1.29, 1.82) is 0 Å². The highest BCUT2D eigenvalue weighted by molar-refractivity contribution is 7.87. The number of amides is 1. The molecule has 1 atom stereocenters. The molecule has 1 aromatic carbocycles. The molecule has 1 aromatic heterocycles. The number of hydrogen-bond acceptors (Lipinski definition) is 5. The lowest BCUT2D eigenvalue weighted by atomic mass is 9.90. The maximum Gasteiger partial charge on any atom is 0.303 e. The van der Waals surface area contributed by atoms with E-state index < -0.39 is 16.1 Å². The molecule has 1 aliphatic carbocycles. The van der Waals surface area contributed by atoms with Crippen LogP contribution in [0.2, 0.25) is 0 Å². The van der Waals surface area contributed by atoms with Crippen LogP contribution in [-0.4, -0.2) is 61.7 Å². The minimum absolute atomic E-state index is 0.128. The van der Waals surface area contributed by atoms with Gasteiger partial charge in [-0.15, -0.1) is 0 Å². The smallest absolute Gasteiger partial charge is 0.303 e. The molecule has 0 saturated carbocycles. The lowest BCUT2D eigenvalue weighted by Crippen LogP contribution is -2.47. The van der Waals surface area contributed by atoms with Crippen LogP contribution in [0.1, 0.15) is 35.2 Å². The fraction of sp³-hybridized carbons (Fsp3) is 0.478. The minimum Gasteiger partial charge on any atom is -0.305 e. The molecule has 2 aromatic rings. The van der Waals surface area contributed by atoms with Gasteiger partial charge in [0.2, 0.25) is 5.91 Å². The van der Waals surface area contributed by atoms with Crippen LogP contribution in [-0.2, 0) is 34.3 Å². The number of aromatic nitrogens is 1. The van der Waals surface area contributed by atoms with E-state index >= 15 is 0 Å². The van der Waals surface area contributed by atoms with Gasteiger partial charge in [-0.25, -0.2) is 9.11 Å². The van der Waals surface area contributed by atoms with Crippen molar-refractivity contribution in [3.63, 3.8) is 0 Å². The van der Waals surface area contributed by atoms with Gasteiger partial charge in [0.05, 0.1) is 6.42 Å². The van der Waals surface area contributed by atoms with Gasteiger partial charge in [0.1, 0.15) is 5.82 Å². The number of halogens is 1. The third kappa shape index (κ3) is 4.55. The van der Waals surface area contributed by atoms with Crippen molar-refractivity contribution < 1.29 is 17.6 Å². The minimum atomic E-state index is -3.97. The first-order valence-corrected chi connectivity index (χ1v) is 12.3. The Morgan fingerprint density at radius 1 is 1.31 bits per heavy atom. The fourth-order valence-corrected chi connectivity index (χ4v) is 5.86. The number of carbonyl (C=O) groups is 1. The Balaban J connectivity index is 1.62. The van der Waals surface area contributed by atoms with Gasteiger partial charge < -0.3 is 4.90 Å². The number of carbonyl (C=O) groups excluding carboxylic acids is 1. The molecule has 1 unspecified atom stereocenters. The molecule has 1 saturated heterocycles. The van der Waals surface area contributed by atoms with Gasteiger partial charge in [0.25, 0.3) is 0 Å². The highest BCUT2D eigenvalue weighted by Gasteiger charge is 2.32. The predicted octanol–water partition coefficient (Wildman–Crippen LogP) is 2.22. The molecule has 7 nitrogen and oxygen atoms in total. The molecular weight excluding hydrogens is 431 g/mol. The lowest BCUT2D eigenvalue weighted by molar-refractivity contribution is -0.118. The second kappa shape index (κ2) is 8.88. The number of nitrogens with one attached hydrogen (secondary N) is 1. The second-order valence-electron chi connectivity index (χ2n) is 8.81. The van der Waals surface area contributed by atoms with Gasteiger partial charge in [-0.1, -0.05) is 0 Å². The van der Waals surface area contributed by atoms with E-state index in [0.29, 0.717) is 36.1 Å². The molecule has 2 aliphatic rings. The van der Waals surface area contributed by atoms with Crippen molar-refractivity contribution in [2.24, 2.45) is 0 Å². The Morgan fingerprint density at radius 3 is 2.75 bits per heavy atom. The first-order valence-electron chi connectivity index (χ1n) is 10.9. The highest BCUT2D eigenvalue weighted by atomic mass is 32.2. The SMILES string of the molecule is Cc1cc(-c2cc(F)c3c(c2CC(=O)NS(=O)(=O)N(C)C2CCN(C)C2)CCC3)ccn1. The first kappa shape index (κ1) is 22.8. The number of rotatable bonds is 6. The Hall–Kier alpha value is -2.36. The number of aryl methyl sites for hydroxylation is 1. The van der Waals surface area contributed by atoms with Crippen molar-refractivity contribution in [2.75, 3.05) is 27.2 Å². The zero-order valence-electron chi connectivity index (χ0n) is 18.7. The Morgan fingerprint density at radius 2 is 2.06 bits per heavy atom. The summed E-state index contributed by atoms with van der Waals surface area (Å²) >= 11 is 0. The number of hydrogen-bond donors (Lipinski definition) is 1. The van der Waals surface area contributed by atoms with E-state index in [0.717, 1.165) is 36.2 Å². The van der Waals surface area contributed by atoms with E-state index in [1.807, 2.05) is 20.0 Å². The zero-order chi connectivity index (χ0) is 23.0. The van der Waals surface area contributed by atoms with E-state index in [-0.39, 0.29) is 18.3 Å². The molecule has 0 bridgehead atoms. The summed E-state index contributed by atoms with van der Waals surface area (Å²) in [6.07, 6.45) is 4.36. The standard InChI is InChI=1S/C23H29FN4O3S/c1-15-11-16(7-9-25-15)20-12-22(24)19-6-4-5-18(19)21(20)13-23(29)26-32(30,31)28(3)17-8-10-27(2)14-17/h7,9,11-12,17H,4-6,8,10,13-14H2,1-3H3,(H,26,29). The largest absolute Gasteiger partial charge is 0.305 e. The number of likely N-dealkylation sites (tertiary alicyclic amines) is 1. The molecule has 1 N–H and O–H groups in total. The molecule has 0 spiro atoms. The summed E-state index contributed by atoms with van der Waals surface area (Å²) in [5.41, 5.74) is 4.32. The van der Waals surface area contributed by atoms with Crippen molar-refractivity contribution in [2.45, 2.75) is 45.1 Å². The number of benzene rings is 1. The lowest BCUT2D eigenvalue weighted by Gasteiger charge is -2.24. The van der Waals surface area contributed by atoms with Crippen LogP contribution in [0, 0.1) is 12.7 Å². The normalized spacial score (nSPS) is 18.8. The van der Waals surface area contributed by atoms with Crippen LogP contribution in [0.15, 0.2) is 24.4 Å². The number of nitrogens with zero attached hydrogens (tertiary/aromatic N) is 3. The molecule has 0 radical (unpaired) electrons. The van der Waals surface area contributed by atoms with E-state index in [1.54, 1.807) is 12.3 Å². The molecule has 2 heterocycles. The first-order chi connectivity index (χ1) is 15.2. The van der Waals surface area contributed by atoms with E-state index in [1.165, 1.54) is 17.4 Å². The fourth-order valence-electron chi connectivity index (χ4n) is 4.79. The van der Waals surface area contributed by atoms with Crippen LogP contribution in [0.5, 0.6) is 0 Å². The summed E-state index contributed by atoms with van der Waals surface area (Å²) in [5, 5.41) is 0. The van der Waals surface area contributed by atoms with Crippen LogP contribution < -0.4 is 4.72 Å². The average Bonchev–Trinajstić information content (AvgIpc) is 3.38. The Bertz CT molecular complexity index is 1150. The molecule has 172 valence electrons. The van der Waals surface area contributed by atoms with Gasteiger partial charge in [-0.3, -0.25) is 9.78 Å². The molecule has 1 aliphatic heterocycles. The van der Waals surface area contributed by atoms with Crippen LogP contribution in [0.25, 0.3) is 11.1 Å². The van der Waals surface area contributed by atoms with Crippen LogP contribution in [0.3, 0.4) is 0 Å². The molecule has 32 heavy (non-hydrogen) atoms. The van der Waals surface area contributed by atoms with Crippen molar-refractivity contribution in [1.82, 2.24) is 18.9 Å². The van der Waals surface area contributed by atoms with E-state index in [4.69, 9.17) is 0 Å². The summed E-state index contributed by atoms with van der Waals surface area (Å²) in [6, 6.07) is 4.93. The molecule has 1 fully saturated rings. The molecule has 9 heteroatoms. The zero-order valence-corrected chi connectivity index (χ0v) is 19.5. The summed E-state index contributed by atoms with van der Waals surface area (Å²) in [7, 11) is -0.529. The highest BCUT2D eigenvalue weighted by Crippen LogP contribution is 2.36. The van der Waals surface area contributed by atoms with E-state index in [2.05, 4.69) is 14.6 Å². The quantitative estimate of drug-likeness (QED) is 0.715. The van der Waals surface area contributed by atoms with Crippen molar-refractivity contribution in [3.05, 3.63) is 52.6 Å². The maximum atomic E-state index is 14.8. The monoisotopic (exact) mass is 460 g/mol. The second-order valence-corrected chi connectivity index (χ2v) is 10.5. The Kier molecular flexibility index (Phi) is 6.33. The summed E-state index contributed by atoms with van der Waals surface area (Å²) in [6.45, 7) is 3.29. The van der Waals surface area contributed by atoms with Gasteiger partial charge in [0, 0.05) is 31.5 Å². The van der Waals surface area contributed by atoms with E-state index in [9.17, 15) is 17.6 Å². The average molecular weight is 461 g/mol. The molecule has 1 amide bonds.